The molecule has 0 spiro atoms. The predicted octanol–water partition coefficient (Wildman–Crippen LogP) is 2.44. The fourth-order valence-corrected chi connectivity index (χ4v) is 2.16. The van der Waals surface area contributed by atoms with Crippen molar-refractivity contribution in [2.45, 2.75) is 32.3 Å². The van der Waals surface area contributed by atoms with Crippen LogP contribution < -0.4 is 20.1 Å². The molecule has 6 nitrogen and oxygen atoms in total. The quantitative estimate of drug-likeness (QED) is 0.369. The van der Waals surface area contributed by atoms with E-state index in [4.69, 9.17) is 14.2 Å². The van der Waals surface area contributed by atoms with Gasteiger partial charge in [0.05, 0.1) is 13.7 Å². The molecule has 24 heavy (non-hydrogen) atoms. The number of ether oxygens (including phenoxy) is 3. The second kappa shape index (κ2) is 12.5. The standard InChI is InChI=1S/C18H31N3O3/c1-15(24-17-10-8-9-16(13-17)23-4)14-21-18(19-2)20-11-6-5-7-12-22-3/h8-10,13,15H,5-7,11-12,14H2,1-4H3,(H2,19,20,21). The summed E-state index contributed by atoms with van der Waals surface area (Å²) >= 11 is 0. The van der Waals surface area contributed by atoms with Gasteiger partial charge in [-0.1, -0.05) is 6.07 Å². The fraction of sp³-hybridized carbons (Fsp3) is 0.611. The number of nitrogens with one attached hydrogen (secondary N) is 2. The minimum absolute atomic E-state index is 0.0114. The predicted molar refractivity (Wildman–Crippen MR) is 98.2 cm³/mol. The highest BCUT2D eigenvalue weighted by atomic mass is 16.5. The minimum atomic E-state index is 0.0114. The van der Waals surface area contributed by atoms with Crippen molar-refractivity contribution in [1.29, 1.82) is 0 Å². The lowest BCUT2D eigenvalue weighted by atomic mass is 10.2. The molecule has 0 aromatic heterocycles. The lowest BCUT2D eigenvalue weighted by Gasteiger charge is -2.18. The number of nitrogens with zero attached hydrogens (tertiary/aromatic N) is 1. The van der Waals surface area contributed by atoms with Gasteiger partial charge in [-0.05, 0) is 38.3 Å². The molecule has 1 atom stereocenters. The van der Waals surface area contributed by atoms with Gasteiger partial charge in [-0.3, -0.25) is 4.99 Å². The Bertz CT molecular complexity index is 480. The molecule has 2 N–H and O–H groups in total. The van der Waals surface area contributed by atoms with Gasteiger partial charge in [0.2, 0.25) is 0 Å². The van der Waals surface area contributed by atoms with Crippen LogP contribution in [0.1, 0.15) is 26.2 Å². The van der Waals surface area contributed by atoms with Gasteiger partial charge in [0, 0.05) is 33.4 Å². The second-order valence-electron chi connectivity index (χ2n) is 5.54. The molecule has 0 amide bonds. The van der Waals surface area contributed by atoms with Gasteiger partial charge in [-0.15, -0.1) is 0 Å². The number of guanidine groups is 1. The zero-order valence-electron chi connectivity index (χ0n) is 15.3. The van der Waals surface area contributed by atoms with E-state index in [0.29, 0.717) is 6.54 Å². The first kappa shape index (κ1) is 20.1. The Morgan fingerprint density at radius 3 is 2.62 bits per heavy atom. The molecule has 6 heteroatoms. The third-order valence-corrected chi connectivity index (χ3v) is 3.48. The molecule has 0 heterocycles. The largest absolute Gasteiger partial charge is 0.497 e. The summed E-state index contributed by atoms with van der Waals surface area (Å²) in [7, 11) is 5.15. The molecule has 0 aliphatic heterocycles. The maximum Gasteiger partial charge on any atom is 0.191 e. The topological polar surface area (TPSA) is 64.1 Å². The third-order valence-electron chi connectivity index (χ3n) is 3.48. The monoisotopic (exact) mass is 337 g/mol. The van der Waals surface area contributed by atoms with Crippen molar-refractivity contribution < 1.29 is 14.2 Å². The zero-order valence-corrected chi connectivity index (χ0v) is 15.3. The van der Waals surface area contributed by atoms with Gasteiger partial charge in [-0.25, -0.2) is 0 Å². The van der Waals surface area contributed by atoms with Gasteiger partial charge >= 0.3 is 0 Å². The summed E-state index contributed by atoms with van der Waals surface area (Å²) < 4.78 is 16.1. The van der Waals surface area contributed by atoms with Crippen LogP contribution in [0.3, 0.4) is 0 Å². The van der Waals surface area contributed by atoms with Gasteiger partial charge in [-0.2, -0.15) is 0 Å². The number of hydrogen-bond donors (Lipinski definition) is 2. The van der Waals surface area contributed by atoms with E-state index in [0.717, 1.165) is 49.9 Å². The molecule has 1 aromatic rings. The molecule has 0 saturated heterocycles. The average molecular weight is 337 g/mol. The number of benzene rings is 1. The normalized spacial score (nSPS) is 12.6. The van der Waals surface area contributed by atoms with Crippen LogP contribution in [0.5, 0.6) is 11.5 Å². The van der Waals surface area contributed by atoms with Crippen LogP contribution in [-0.2, 0) is 4.74 Å². The molecule has 1 unspecified atom stereocenters. The summed E-state index contributed by atoms with van der Waals surface area (Å²) in [4.78, 5) is 4.22. The Kier molecular flexibility index (Phi) is 10.4. The highest BCUT2D eigenvalue weighted by molar-refractivity contribution is 5.79. The van der Waals surface area contributed by atoms with Gasteiger partial charge in [0.1, 0.15) is 17.6 Å². The van der Waals surface area contributed by atoms with E-state index in [1.165, 1.54) is 0 Å². The number of aliphatic imine (C=N–C) groups is 1. The summed E-state index contributed by atoms with van der Waals surface area (Å²) in [6, 6.07) is 7.61. The lowest BCUT2D eigenvalue weighted by molar-refractivity contribution is 0.192. The smallest absolute Gasteiger partial charge is 0.191 e. The molecule has 136 valence electrons. The minimum Gasteiger partial charge on any atom is -0.497 e. The molecule has 0 aliphatic rings. The SMILES string of the molecule is CN=C(NCCCCCOC)NCC(C)Oc1cccc(OC)c1. The Morgan fingerprint density at radius 1 is 1.12 bits per heavy atom. The number of hydrogen-bond acceptors (Lipinski definition) is 4. The van der Waals surface area contributed by atoms with Crippen molar-refractivity contribution in [3.63, 3.8) is 0 Å². The maximum absolute atomic E-state index is 5.88. The molecule has 0 fully saturated rings. The van der Waals surface area contributed by atoms with Crippen LogP contribution in [0.15, 0.2) is 29.3 Å². The molecule has 0 bridgehead atoms. The first-order valence-corrected chi connectivity index (χ1v) is 8.43. The summed E-state index contributed by atoms with van der Waals surface area (Å²) in [6.45, 7) is 4.41. The van der Waals surface area contributed by atoms with Crippen molar-refractivity contribution in [3.05, 3.63) is 24.3 Å². The molecule has 0 aliphatic carbocycles. The highest BCUT2D eigenvalue weighted by Gasteiger charge is 2.06. The van der Waals surface area contributed by atoms with Crippen molar-refractivity contribution in [2.75, 3.05) is 41.0 Å². The van der Waals surface area contributed by atoms with Crippen LogP contribution in [0, 0.1) is 0 Å². The second-order valence-corrected chi connectivity index (χ2v) is 5.54. The molecule has 0 radical (unpaired) electrons. The van der Waals surface area contributed by atoms with E-state index in [1.807, 2.05) is 31.2 Å². The van der Waals surface area contributed by atoms with Crippen molar-refractivity contribution in [1.82, 2.24) is 10.6 Å². The summed E-state index contributed by atoms with van der Waals surface area (Å²) in [5, 5.41) is 6.58. The van der Waals surface area contributed by atoms with Crippen LogP contribution in [-0.4, -0.2) is 53.0 Å². The van der Waals surface area contributed by atoms with E-state index in [-0.39, 0.29) is 6.10 Å². The average Bonchev–Trinajstić information content (AvgIpc) is 2.60. The van der Waals surface area contributed by atoms with Gasteiger partial charge < -0.3 is 24.8 Å². The van der Waals surface area contributed by atoms with E-state index in [2.05, 4.69) is 15.6 Å². The van der Waals surface area contributed by atoms with Crippen LogP contribution >= 0.6 is 0 Å². The molecular formula is C18H31N3O3. The maximum atomic E-state index is 5.88. The van der Waals surface area contributed by atoms with E-state index in [9.17, 15) is 0 Å². The zero-order chi connectivity index (χ0) is 17.6. The van der Waals surface area contributed by atoms with Gasteiger partial charge in [0.15, 0.2) is 5.96 Å². The van der Waals surface area contributed by atoms with Gasteiger partial charge in [0.25, 0.3) is 0 Å². The number of methoxy groups -OCH3 is 2. The Hall–Kier alpha value is -1.95. The summed E-state index contributed by atoms with van der Waals surface area (Å²) in [5.41, 5.74) is 0. The highest BCUT2D eigenvalue weighted by Crippen LogP contribution is 2.19. The number of unbranched alkanes of at least 4 members (excludes halogenated alkanes) is 2. The van der Waals surface area contributed by atoms with E-state index in [1.54, 1.807) is 21.3 Å². The van der Waals surface area contributed by atoms with Crippen molar-refractivity contribution in [2.24, 2.45) is 4.99 Å². The fourth-order valence-electron chi connectivity index (χ4n) is 2.16. The van der Waals surface area contributed by atoms with Crippen LogP contribution in [0.25, 0.3) is 0 Å². The lowest BCUT2D eigenvalue weighted by Crippen LogP contribution is -2.42. The Labute approximate surface area is 145 Å². The third kappa shape index (κ3) is 8.62. The molecular weight excluding hydrogens is 306 g/mol. The van der Waals surface area contributed by atoms with Crippen molar-refractivity contribution in [3.8, 4) is 11.5 Å². The van der Waals surface area contributed by atoms with E-state index >= 15 is 0 Å². The van der Waals surface area contributed by atoms with Crippen LogP contribution in [0.2, 0.25) is 0 Å². The van der Waals surface area contributed by atoms with E-state index < -0.39 is 0 Å². The summed E-state index contributed by atoms with van der Waals surface area (Å²) in [5.74, 6) is 2.38. The van der Waals surface area contributed by atoms with Crippen LogP contribution in [0.4, 0.5) is 0 Å². The first-order valence-electron chi connectivity index (χ1n) is 8.43. The molecule has 0 saturated carbocycles. The summed E-state index contributed by atoms with van der Waals surface area (Å²) in [6.07, 6.45) is 3.35. The molecule has 1 rings (SSSR count). The number of rotatable bonds is 11. The Morgan fingerprint density at radius 2 is 1.92 bits per heavy atom. The van der Waals surface area contributed by atoms with Crippen molar-refractivity contribution >= 4 is 5.96 Å². The molecule has 1 aromatic carbocycles. The Balaban J connectivity index is 2.24. The first-order chi connectivity index (χ1) is 11.7.